The van der Waals surface area contributed by atoms with E-state index in [1.165, 1.54) is 0 Å². The van der Waals surface area contributed by atoms with E-state index in [0.29, 0.717) is 34.1 Å². The molecule has 28 heavy (non-hydrogen) atoms. The molecule has 142 valence electrons. The Balaban J connectivity index is 1.72. The van der Waals surface area contributed by atoms with Gasteiger partial charge in [0.1, 0.15) is 11.4 Å². The molecule has 2 aromatic carbocycles. The number of rotatable bonds is 5. The van der Waals surface area contributed by atoms with Crippen molar-refractivity contribution in [3.8, 4) is 17.2 Å². The van der Waals surface area contributed by atoms with Gasteiger partial charge in [0.15, 0.2) is 11.5 Å². The Bertz CT molecular complexity index is 1180. The van der Waals surface area contributed by atoms with E-state index in [-0.39, 0.29) is 5.91 Å². The van der Waals surface area contributed by atoms with Gasteiger partial charge in [-0.25, -0.2) is 0 Å². The van der Waals surface area contributed by atoms with E-state index in [2.05, 4.69) is 15.3 Å². The maximum Gasteiger partial charge on any atom is 0.272 e. The summed E-state index contributed by atoms with van der Waals surface area (Å²) < 4.78 is 16.3. The molecule has 0 aliphatic carbocycles. The molecular formula is C21H19N3O4. The first-order chi connectivity index (χ1) is 13.6. The lowest BCUT2D eigenvalue weighted by molar-refractivity contribution is 0.102. The van der Waals surface area contributed by atoms with E-state index in [4.69, 9.17) is 14.2 Å². The average molecular weight is 377 g/mol. The summed E-state index contributed by atoms with van der Waals surface area (Å²) in [5, 5.41) is 4.58. The van der Waals surface area contributed by atoms with Gasteiger partial charge in [-0.05, 0) is 30.3 Å². The van der Waals surface area contributed by atoms with Crippen molar-refractivity contribution < 1.29 is 19.0 Å². The topological polar surface area (TPSA) is 85.5 Å². The number of ether oxygens (including phenoxy) is 3. The van der Waals surface area contributed by atoms with Crippen molar-refractivity contribution in [1.82, 2.24) is 9.97 Å². The second kappa shape index (κ2) is 7.11. The fourth-order valence-corrected chi connectivity index (χ4v) is 3.21. The molecule has 7 heteroatoms. The smallest absolute Gasteiger partial charge is 0.272 e. The number of fused-ring (bicyclic) bond motifs is 2. The van der Waals surface area contributed by atoms with Crippen LogP contribution in [0.2, 0.25) is 0 Å². The van der Waals surface area contributed by atoms with Gasteiger partial charge in [-0.1, -0.05) is 6.07 Å². The molecule has 0 spiro atoms. The van der Waals surface area contributed by atoms with Crippen LogP contribution in [0.3, 0.4) is 0 Å². The first-order valence-corrected chi connectivity index (χ1v) is 8.62. The number of nitrogens with zero attached hydrogens (tertiary/aromatic N) is 1. The second-order valence-corrected chi connectivity index (χ2v) is 6.15. The number of benzene rings is 2. The molecule has 0 fully saturated rings. The summed E-state index contributed by atoms with van der Waals surface area (Å²) in [6.45, 7) is 0. The molecule has 0 aliphatic rings. The van der Waals surface area contributed by atoms with Crippen LogP contribution in [0.15, 0.2) is 48.7 Å². The summed E-state index contributed by atoms with van der Waals surface area (Å²) in [5.74, 6) is 1.33. The lowest BCUT2D eigenvalue weighted by Gasteiger charge is -2.11. The number of hydrogen-bond acceptors (Lipinski definition) is 5. The fourth-order valence-electron chi connectivity index (χ4n) is 3.21. The minimum atomic E-state index is -0.275. The van der Waals surface area contributed by atoms with Gasteiger partial charge in [-0.2, -0.15) is 0 Å². The predicted molar refractivity (Wildman–Crippen MR) is 108 cm³/mol. The van der Waals surface area contributed by atoms with Crippen LogP contribution in [0.1, 0.15) is 10.5 Å². The molecule has 0 radical (unpaired) electrons. The van der Waals surface area contributed by atoms with Gasteiger partial charge in [0.2, 0.25) is 0 Å². The third kappa shape index (κ3) is 2.96. The van der Waals surface area contributed by atoms with Crippen LogP contribution in [0.5, 0.6) is 17.2 Å². The third-order valence-electron chi connectivity index (χ3n) is 4.55. The zero-order chi connectivity index (χ0) is 19.7. The average Bonchev–Trinajstić information content (AvgIpc) is 3.17. The van der Waals surface area contributed by atoms with E-state index in [1.807, 2.05) is 30.3 Å². The first-order valence-electron chi connectivity index (χ1n) is 8.62. The van der Waals surface area contributed by atoms with Gasteiger partial charge in [0, 0.05) is 28.7 Å². The number of carbonyl (C=O) groups is 1. The van der Waals surface area contributed by atoms with E-state index in [9.17, 15) is 4.79 Å². The number of carbonyl (C=O) groups excluding carboxylic acids is 1. The summed E-state index contributed by atoms with van der Waals surface area (Å²) in [4.78, 5) is 20.2. The molecule has 0 bridgehead atoms. The van der Waals surface area contributed by atoms with Crippen molar-refractivity contribution in [3.05, 3.63) is 54.4 Å². The van der Waals surface area contributed by atoms with Gasteiger partial charge in [0.05, 0.1) is 32.4 Å². The van der Waals surface area contributed by atoms with Crippen molar-refractivity contribution in [2.45, 2.75) is 0 Å². The van der Waals surface area contributed by atoms with E-state index >= 15 is 0 Å². The summed E-state index contributed by atoms with van der Waals surface area (Å²) in [6.07, 6.45) is 1.74. The largest absolute Gasteiger partial charge is 0.496 e. The van der Waals surface area contributed by atoms with Crippen LogP contribution in [-0.4, -0.2) is 37.2 Å². The molecular weight excluding hydrogens is 358 g/mol. The number of aromatic nitrogens is 2. The molecule has 7 nitrogen and oxygen atoms in total. The highest BCUT2D eigenvalue weighted by molar-refractivity contribution is 6.08. The minimum absolute atomic E-state index is 0.275. The van der Waals surface area contributed by atoms with Gasteiger partial charge in [0.25, 0.3) is 5.91 Å². The first kappa shape index (κ1) is 17.7. The standard InChI is InChI=1S/C21H19N3O4/c1-26-17-11-18(27-2)20(28-3)19-14(17)10-16(24-19)21(25)23-13-6-7-15-12(9-13)5-4-8-22-15/h4-11,24H,1-3H3,(H,23,25). The van der Waals surface area contributed by atoms with Crippen LogP contribution in [0, 0.1) is 0 Å². The van der Waals surface area contributed by atoms with E-state index < -0.39 is 0 Å². The van der Waals surface area contributed by atoms with Gasteiger partial charge < -0.3 is 24.5 Å². The van der Waals surface area contributed by atoms with Crippen molar-refractivity contribution >= 4 is 33.4 Å². The van der Waals surface area contributed by atoms with Gasteiger partial charge in [-0.15, -0.1) is 0 Å². The number of hydrogen-bond donors (Lipinski definition) is 2. The van der Waals surface area contributed by atoms with Gasteiger partial charge >= 0.3 is 0 Å². The van der Waals surface area contributed by atoms with Crippen LogP contribution in [0.4, 0.5) is 5.69 Å². The van der Waals surface area contributed by atoms with Gasteiger partial charge in [-0.3, -0.25) is 9.78 Å². The normalized spacial score (nSPS) is 10.8. The summed E-state index contributed by atoms with van der Waals surface area (Å²) >= 11 is 0. The molecule has 0 atom stereocenters. The molecule has 2 N–H and O–H groups in total. The molecule has 0 unspecified atom stereocenters. The fraction of sp³-hybridized carbons (Fsp3) is 0.143. The molecule has 1 amide bonds. The molecule has 2 heterocycles. The Morgan fingerprint density at radius 3 is 2.57 bits per heavy atom. The predicted octanol–water partition coefficient (Wildman–Crippen LogP) is 3.99. The third-order valence-corrected chi connectivity index (χ3v) is 4.55. The van der Waals surface area contributed by atoms with Crippen molar-refractivity contribution in [3.63, 3.8) is 0 Å². The number of pyridine rings is 1. The Hall–Kier alpha value is -3.74. The molecule has 0 aliphatic heterocycles. The highest BCUT2D eigenvalue weighted by Crippen LogP contribution is 2.41. The molecule has 4 aromatic rings. The number of aromatic amines is 1. The molecule has 0 saturated heterocycles. The van der Waals surface area contributed by atoms with E-state index in [0.717, 1.165) is 16.3 Å². The van der Waals surface area contributed by atoms with Crippen LogP contribution < -0.4 is 19.5 Å². The number of nitrogens with one attached hydrogen (secondary N) is 2. The molecule has 0 saturated carbocycles. The Labute approximate surface area is 161 Å². The number of methoxy groups -OCH3 is 3. The number of anilines is 1. The summed E-state index contributed by atoms with van der Waals surface area (Å²) in [6, 6.07) is 12.8. The van der Waals surface area contributed by atoms with E-state index in [1.54, 1.807) is 39.7 Å². The summed E-state index contributed by atoms with van der Waals surface area (Å²) in [7, 11) is 4.66. The maximum absolute atomic E-state index is 12.8. The van der Waals surface area contributed by atoms with Crippen molar-refractivity contribution in [2.24, 2.45) is 0 Å². The highest BCUT2D eigenvalue weighted by Gasteiger charge is 2.19. The maximum atomic E-state index is 12.8. The van der Waals surface area contributed by atoms with Crippen LogP contribution >= 0.6 is 0 Å². The number of H-pyrrole nitrogens is 1. The monoisotopic (exact) mass is 377 g/mol. The lowest BCUT2D eigenvalue weighted by Crippen LogP contribution is -2.12. The SMILES string of the molecule is COc1cc(OC)c2cc(C(=O)Nc3ccc4ncccc4c3)[nH]c2c1OC. The summed E-state index contributed by atoms with van der Waals surface area (Å²) in [5.41, 5.74) is 2.56. The zero-order valence-electron chi connectivity index (χ0n) is 15.7. The Morgan fingerprint density at radius 2 is 1.82 bits per heavy atom. The van der Waals surface area contributed by atoms with Crippen LogP contribution in [0.25, 0.3) is 21.8 Å². The Kier molecular flexibility index (Phi) is 4.49. The molecule has 2 aromatic heterocycles. The van der Waals surface area contributed by atoms with Crippen molar-refractivity contribution in [1.29, 1.82) is 0 Å². The zero-order valence-corrected chi connectivity index (χ0v) is 15.7. The number of amides is 1. The van der Waals surface area contributed by atoms with Crippen molar-refractivity contribution in [2.75, 3.05) is 26.6 Å². The second-order valence-electron chi connectivity index (χ2n) is 6.15. The highest BCUT2D eigenvalue weighted by atomic mass is 16.5. The lowest BCUT2D eigenvalue weighted by atomic mass is 10.2. The Morgan fingerprint density at radius 1 is 1.00 bits per heavy atom. The van der Waals surface area contributed by atoms with Crippen LogP contribution in [-0.2, 0) is 0 Å². The minimum Gasteiger partial charge on any atom is -0.496 e. The quantitative estimate of drug-likeness (QED) is 0.549. The molecule has 4 rings (SSSR count).